The first-order valence-corrected chi connectivity index (χ1v) is 6.33. The zero-order valence-corrected chi connectivity index (χ0v) is 11.2. The van der Waals surface area contributed by atoms with Crippen molar-refractivity contribution in [3.05, 3.63) is 76.1 Å². The Bertz CT molecular complexity index is 887. The highest BCUT2D eigenvalue weighted by Gasteiger charge is 2.20. The summed E-state index contributed by atoms with van der Waals surface area (Å²) in [5, 5.41) is 20.9. The predicted octanol–water partition coefficient (Wildman–Crippen LogP) is 3.11. The highest BCUT2D eigenvalue weighted by Crippen LogP contribution is 2.28. The van der Waals surface area contributed by atoms with Crippen molar-refractivity contribution in [3.8, 4) is 11.1 Å². The van der Waals surface area contributed by atoms with Gasteiger partial charge in [0, 0.05) is 11.8 Å². The van der Waals surface area contributed by atoms with Gasteiger partial charge in [0.15, 0.2) is 0 Å². The molecule has 110 valence electrons. The van der Waals surface area contributed by atoms with Gasteiger partial charge in [0.05, 0.1) is 22.4 Å². The van der Waals surface area contributed by atoms with E-state index in [-0.39, 0.29) is 11.0 Å². The van der Waals surface area contributed by atoms with Crippen molar-refractivity contribution < 1.29 is 14.5 Å². The number of hydrogen-bond donors (Lipinski definition) is 1. The van der Waals surface area contributed by atoms with Gasteiger partial charge in [-0.25, -0.2) is 14.1 Å². The molecule has 1 aromatic carbocycles. The van der Waals surface area contributed by atoms with Crippen LogP contribution in [0.25, 0.3) is 11.1 Å². The minimum Gasteiger partial charge on any atom is -0.429 e. The second-order valence-corrected chi connectivity index (χ2v) is 4.61. The van der Waals surface area contributed by atoms with E-state index in [1.165, 1.54) is 48.8 Å². The number of hydrogen-bond acceptors (Lipinski definition) is 4. The Morgan fingerprint density at radius 2 is 1.86 bits per heavy atom. The molecule has 22 heavy (non-hydrogen) atoms. The number of nitro groups is 1. The monoisotopic (exact) mass is 299 g/mol. The van der Waals surface area contributed by atoms with Crippen LogP contribution in [0.1, 0.15) is 0 Å². The molecule has 0 radical (unpaired) electrons. The summed E-state index contributed by atoms with van der Waals surface area (Å²) in [4.78, 5) is 15.1. The average Bonchev–Trinajstić information content (AvgIpc) is 2.49. The number of pyridine rings is 1. The van der Waals surface area contributed by atoms with Gasteiger partial charge in [-0.15, -0.1) is 0 Å². The highest BCUT2D eigenvalue weighted by molar-refractivity contribution is 5.73. The second-order valence-electron chi connectivity index (χ2n) is 4.61. The highest BCUT2D eigenvalue weighted by atomic mass is 19.1. The number of nitro benzene ring substituents is 1. The maximum absolute atomic E-state index is 12.9. The Labute approximate surface area is 123 Å². The average molecular weight is 299 g/mol. The molecule has 1 aliphatic carbocycles. The van der Waals surface area contributed by atoms with E-state index in [4.69, 9.17) is 0 Å². The van der Waals surface area contributed by atoms with Gasteiger partial charge in [-0.05, 0) is 36.4 Å². The van der Waals surface area contributed by atoms with E-state index in [0.717, 1.165) is 4.73 Å². The lowest BCUT2D eigenvalue weighted by Gasteiger charge is -2.07. The topological polar surface area (TPSA) is 80.7 Å². The Hall–Kier alpha value is -3.22. The third-order valence-electron chi connectivity index (χ3n) is 3.15. The van der Waals surface area contributed by atoms with E-state index in [1.54, 1.807) is 6.07 Å². The maximum Gasteiger partial charge on any atom is 0.302 e. The molecule has 2 aliphatic rings. The minimum absolute atomic E-state index is 0.164. The van der Waals surface area contributed by atoms with E-state index in [9.17, 15) is 19.7 Å². The zero-order valence-electron chi connectivity index (χ0n) is 11.2. The fourth-order valence-electron chi connectivity index (χ4n) is 2.17. The van der Waals surface area contributed by atoms with Crippen LogP contribution in [0.5, 0.6) is 0 Å². The molecule has 1 N–H and O–H groups in total. The van der Waals surface area contributed by atoms with Gasteiger partial charge in [-0.1, -0.05) is 6.07 Å². The number of benzene rings is 2. The summed E-state index contributed by atoms with van der Waals surface area (Å²) in [6.45, 7) is 0. The lowest BCUT2D eigenvalue weighted by atomic mass is 10.0. The summed E-state index contributed by atoms with van der Waals surface area (Å²) in [6, 6.07) is 9.91. The second kappa shape index (κ2) is 5.28. The van der Waals surface area contributed by atoms with Crippen LogP contribution in [0, 0.1) is 15.9 Å². The van der Waals surface area contributed by atoms with Crippen LogP contribution >= 0.6 is 0 Å². The zero-order chi connectivity index (χ0) is 15.7. The lowest BCUT2D eigenvalue weighted by molar-refractivity contribution is -0.385. The van der Waals surface area contributed by atoms with Gasteiger partial charge in [0.2, 0.25) is 0 Å². The molecular formula is C15H10FN3O3. The summed E-state index contributed by atoms with van der Waals surface area (Å²) in [5.74, 6) is -0.403. The molecule has 7 heteroatoms. The molecule has 0 saturated carbocycles. The van der Waals surface area contributed by atoms with Crippen molar-refractivity contribution in [3.63, 3.8) is 0 Å². The van der Waals surface area contributed by atoms with Crippen molar-refractivity contribution in [2.24, 2.45) is 4.99 Å². The third kappa shape index (κ3) is 2.51. The van der Waals surface area contributed by atoms with Crippen molar-refractivity contribution in [1.82, 2.24) is 4.73 Å². The summed E-state index contributed by atoms with van der Waals surface area (Å²) < 4.78 is 13.7. The Kier molecular flexibility index (Phi) is 3.30. The minimum atomic E-state index is -0.521. The molecule has 1 aromatic rings. The van der Waals surface area contributed by atoms with Gasteiger partial charge in [-0.2, -0.15) is 0 Å². The molecule has 6 nitrogen and oxygen atoms in total. The van der Waals surface area contributed by atoms with Gasteiger partial charge in [0.1, 0.15) is 11.2 Å². The number of halogens is 1. The summed E-state index contributed by atoms with van der Waals surface area (Å²) in [6.07, 6.45) is 2.67. The first-order valence-electron chi connectivity index (χ1n) is 6.33. The predicted molar refractivity (Wildman–Crippen MR) is 76.5 cm³/mol. The molecule has 1 heterocycles. The van der Waals surface area contributed by atoms with Crippen LogP contribution in [0.15, 0.2) is 59.9 Å². The largest absolute Gasteiger partial charge is 0.429 e. The first kappa shape index (κ1) is 13.7. The SMILES string of the molecule is O=[N+]([O-])c1c2ccn(O)cc-2ccc1=Nc1ccc(F)cc1. The van der Waals surface area contributed by atoms with Gasteiger partial charge in [0.25, 0.3) is 0 Å². The number of rotatable bonds is 2. The third-order valence-corrected chi connectivity index (χ3v) is 3.15. The molecule has 1 aliphatic heterocycles. The smallest absolute Gasteiger partial charge is 0.302 e. The molecule has 0 unspecified atom stereocenters. The number of fused-ring (bicyclic) bond motifs is 1. The molecule has 0 spiro atoms. The van der Waals surface area contributed by atoms with Crippen molar-refractivity contribution in [2.75, 3.05) is 0 Å². The standard InChI is InChI=1S/C15H10FN3O3/c16-11-2-4-12(5-3-11)17-14-6-1-10-9-18(20)8-7-13(10)15(14)19(21)22/h1-9,20H. The van der Waals surface area contributed by atoms with Crippen LogP contribution in [-0.2, 0) is 0 Å². The van der Waals surface area contributed by atoms with Gasteiger partial charge < -0.3 is 5.21 Å². The summed E-state index contributed by atoms with van der Waals surface area (Å²) in [7, 11) is 0. The fourth-order valence-corrected chi connectivity index (χ4v) is 2.17. The van der Waals surface area contributed by atoms with Crippen LogP contribution in [0.2, 0.25) is 0 Å². The van der Waals surface area contributed by atoms with E-state index in [1.807, 2.05) is 0 Å². The van der Waals surface area contributed by atoms with E-state index < -0.39 is 10.7 Å². The molecule has 0 atom stereocenters. The van der Waals surface area contributed by atoms with Gasteiger partial charge in [-0.3, -0.25) is 10.1 Å². The number of nitrogens with zero attached hydrogens (tertiary/aromatic N) is 3. The van der Waals surface area contributed by atoms with Crippen LogP contribution in [0.4, 0.5) is 15.8 Å². The van der Waals surface area contributed by atoms with Crippen molar-refractivity contribution in [2.45, 2.75) is 0 Å². The van der Waals surface area contributed by atoms with Crippen LogP contribution < -0.4 is 5.36 Å². The van der Waals surface area contributed by atoms with Crippen LogP contribution in [-0.4, -0.2) is 14.9 Å². The molecule has 0 fully saturated rings. The summed E-state index contributed by atoms with van der Waals surface area (Å²) in [5.41, 5.74) is 1.12. The van der Waals surface area contributed by atoms with Gasteiger partial charge >= 0.3 is 5.69 Å². The summed E-state index contributed by atoms with van der Waals surface area (Å²) >= 11 is 0. The van der Waals surface area contributed by atoms with E-state index in [2.05, 4.69) is 4.99 Å². The molecular weight excluding hydrogens is 289 g/mol. The van der Waals surface area contributed by atoms with Crippen LogP contribution in [0.3, 0.4) is 0 Å². The first-order chi connectivity index (χ1) is 10.5. The number of aromatic nitrogens is 1. The Morgan fingerprint density at radius 3 is 2.55 bits per heavy atom. The molecule has 0 amide bonds. The molecule has 0 bridgehead atoms. The molecule has 0 saturated heterocycles. The molecule has 0 aromatic heterocycles. The normalized spacial score (nSPS) is 11.8. The van der Waals surface area contributed by atoms with E-state index >= 15 is 0 Å². The fraction of sp³-hybridized carbons (Fsp3) is 0. The Morgan fingerprint density at radius 1 is 1.14 bits per heavy atom. The van der Waals surface area contributed by atoms with E-state index in [0.29, 0.717) is 16.8 Å². The van der Waals surface area contributed by atoms with Crippen molar-refractivity contribution >= 4 is 11.4 Å². The lowest BCUT2D eigenvalue weighted by Crippen LogP contribution is -2.11. The maximum atomic E-state index is 12.9. The quantitative estimate of drug-likeness (QED) is 0.448. The van der Waals surface area contributed by atoms with Crippen molar-refractivity contribution in [1.29, 1.82) is 0 Å². The Balaban J connectivity index is 2.28. The molecule has 3 rings (SSSR count).